The fraction of sp³-hybridized carbons (Fsp3) is 0.750. The third-order valence-electron chi connectivity index (χ3n) is 3.47. The molecule has 1 atom stereocenters. The molecule has 1 unspecified atom stereocenters. The quantitative estimate of drug-likeness (QED) is 0.712. The van der Waals surface area contributed by atoms with Crippen molar-refractivity contribution in [2.45, 2.75) is 30.8 Å². The van der Waals surface area contributed by atoms with Gasteiger partial charge >= 0.3 is 0 Å². The molecule has 0 bridgehead atoms. The van der Waals surface area contributed by atoms with Gasteiger partial charge in [0.1, 0.15) is 4.90 Å². The van der Waals surface area contributed by atoms with Gasteiger partial charge in [0.15, 0.2) is 0 Å². The Balaban J connectivity index is 2.05. The Morgan fingerprint density at radius 2 is 2.40 bits per heavy atom. The van der Waals surface area contributed by atoms with Crippen LogP contribution in [0, 0.1) is 0 Å². The van der Waals surface area contributed by atoms with Crippen LogP contribution in [0.4, 0.5) is 0 Å². The van der Waals surface area contributed by atoms with E-state index in [1.807, 2.05) is 6.92 Å². The minimum absolute atomic E-state index is 0.0786. The molecule has 1 aliphatic heterocycles. The second-order valence-corrected chi connectivity index (χ2v) is 6.83. The average molecular weight is 302 g/mol. The van der Waals surface area contributed by atoms with Gasteiger partial charge in [-0.3, -0.25) is 4.68 Å². The van der Waals surface area contributed by atoms with Crippen LogP contribution in [0.2, 0.25) is 0 Å². The SMILES string of the molecule is CCNCCn1cc(S(=O)(=O)N(C)C2CCOC2)cn1. The first-order chi connectivity index (χ1) is 9.55. The van der Waals surface area contributed by atoms with Gasteiger partial charge in [-0.25, -0.2) is 8.42 Å². The van der Waals surface area contributed by atoms with E-state index in [0.29, 0.717) is 19.8 Å². The number of aromatic nitrogens is 2. The van der Waals surface area contributed by atoms with E-state index < -0.39 is 10.0 Å². The van der Waals surface area contributed by atoms with Crippen molar-refractivity contribution in [3.05, 3.63) is 12.4 Å². The van der Waals surface area contributed by atoms with Crippen molar-refractivity contribution in [2.24, 2.45) is 0 Å². The summed E-state index contributed by atoms with van der Waals surface area (Å²) in [6, 6.07) is -0.0786. The highest BCUT2D eigenvalue weighted by Gasteiger charge is 2.31. The minimum atomic E-state index is -3.48. The molecular formula is C12H22N4O3S. The van der Waals surface area contributed by atoms with Crippen LogP contribution in [0.5, 0.6) is 0 Å². The zero-order valence-corrected chi connectivity index (χ0v) is 12.8. The summed E-state index contributed by atoms with van der Waals surface area (Å²) in [5.41, 5.74) is 0. The normalized spacial score (nSPS) is 19.9. The Hall–Kier alpha value is -0.960. The third kappa shape index (κ3) is 3.38. The maximum atomic E-state index is 12.5. The highest BCUT2D eigenvalue weighted by molar-refractivity contribution is 7.89. The summed E-state index contributed by atoms with van der Waals surface area (Å²) in [5.74, 6) is 0. The first kappa shape index (κ1) is 15.4. The van der Waals surface area contributed by atoms with E-state index >= 15 is 0 Å². The first-order valence-electron chi connectivity index (χ1n) is 6.84. The molecule has 1 fully saturated rings. The molecule has 1 N–H and O–H groups in total. The highest BCUT2D eigenvalue weighted by atomic mass is 32.2. The van der Waals surface area contributed by atoms with Gasteiger partial charge in [-0.15, -0.1) is 0 Å². The van der Waals surface area contributed by atoms with E-state index in [9.17, 15) is 8.42 Å². The average Bonchev–Trinajstić information content (AvgIpc) is 3.09. The summed E-state index contributed by atoms with van der Waals surface area (Å²) in [5, 5.41) is 7.28. The molecule has 20 heavy (non-hydrogen) atoms. The lowest BCUT2D eigenvalue weighted by Gasteiger charge is -2.21. The van der Waals surface area contributed by atoms with E-state index in [1.165, 1.54) is 10.5 Å². The summed E-state index contributed by atoms with van der Waals surface area (Å²) in [4.78, 5) is 0.239. The van der Waals surface area contributed by atoms with E-state index in [4.69, 9.17) is 4.74 Å². The summed E-state index contributed by atoms with van der Waals surface area (Å²) in [6.07, 6.45) is 3.73. The largest absolute Gasteiger partial charge is 0.380 e. The molecule has 1 aliphatic rings. The number of rotatable bonds is 7. The Bertz CT molecular complexity index is 523. The van der Waals surface area contributed by atoms with Crippen LogP contribution < -0.4 is 5.32 Å². The first-order valence-corrected chi connectivity index (χ1v) is 8.28. The van der Waals surface area contributed by atoms with Crippen LogP contribution in [0.25, 0.3) is 0 Å². The molecule has 2 rings (SSSR count). The predicted octanol–water partition coefficient (Wildman–Crippen LogP) is -0.0980. The zero-order chi connectivity index (χ0) is 14.6. The molecule has 0 amide bonds. The Morgan fingerprint density at radius 3 is 3.05 bits per heavy atom. The standard InChI is InChI=1S/C12H22N4O3S/c1-3-13-5-6-16-9-12(8-14-16)20(17,18)15(2)11-4-7-19-10-11/h8-9,11,13H,3-7,10H2,1-2H3. The lowest BCUT2D eigenvalue weighted by atomic mass is 10.3. The van der Waals surface area contributed by atoms with Crippen LogP contribution in [-0.2, 0) is 21.3 Å². The molecule has 2 heterocycles. The summed E-state index contributed by atoms with van der Waals surface area (Å²) < 4.78 is 33.2. The van der Waals surface area contributed by atoms with Crippen molar-refractivity contribution in [1.29, 1.82) is 0 Å². The Kier molecular flexibility index (Phi) is 5.14. The molecule has 0 aromatic carbocycles. The van der Waals surface area contributed by atoms with Gasteiger partial charge < -0.3 is 10.1 Å². The minimum Gasteiger partial charge on any atom is -0.380 e. The predicted molar refractivity (Wildman–Crippen MR) is 74.9 cm³/mol. The monoisotopic (exact) mass is 302 g/mol. The maximum Gasteiger partial charge on any atom is 0.246 e. The number of nitrogens with one attached hydrogen (secondary N) is 1. The second kappa shape index (κ2) is 6.66. The third-order valence-corrected chi connectivity index (χ3v) is 5.34. The molecule has 1 aromatic heterocycles. The summed E-state index contributed by atoms with van der Waals surface area (Å²) in [7, 11) is -1.88. The second-order valence-electron chi connectivity index (χ2n) is 4.83. The number of nitrogens with zero attached hydrogens (tertiary/aromatic N) is 3. The van der Waals surface area contributed by atoms with Crippen molar-refractivity contribution in [2.75, 3.05) is 33.4 Å². The van der Waals surface area contributed by atoms with Crippen LogP contribution in [-0.4, -0.2) is 61.9 Å². The molecule has 8 heteroatoms. The summed E-state index contributed by atoms with van der Waals surface area (Å²) in [6.45, 7) is 5.41. The summed E-state index contributed by atoms with van der Waals surface area (Å²) >= 11 is 0. The van der Waals surface area contributed by atoms with Gasteiger partial charge in [-0.2, -0.15) is 9.40 Å². The zero-order valence-electron chi connectivity index (χ0n) is 11.9. The number of hydrogen-bond acceptors (Lipinski definition) is 5. The highest BCUT2D eigenvalue weighted by Crippen LogP contribution is 2.20. The van der Waals surface area contributed by atoms with Crippen molar-refractivity contribution < 1.29 is 13.2 Å². The van der Waals surface area contributed by atoms with Crippen LogP contribution >= 0.6 is 0 Å². The maximum absolute atomic E-state index is 12.5. The van der Waals surface area contributed by atoms with Gasteiger partial charge in [0.05, 0.1) is 25.4 Å². The van der Waals surface area contributed by atoms with E-state index in [-0.39, 0.29) is 10.9 Å². The fourth-order valence-electron chi connectivity index (χ4n) is 2.14. The van der Waals surface area contributed by atoms with Crippen molar-refractivity contribution in [3.8, 4) is 0 Å². The molecule has 114 valence electrons. The van der Waals surface area contributed by atoms with Gasteiger partial charge in [-0.1, -0.05) is 6.92 Å². The molecule has 0 radical (unpaired) electrons. The molecule has 0 aliphatic carbocycles. The number of hydrogen-bond donors (Lipinski definition) is 1. The Morgan fingerprint density at radius 1 is 1.60 bits per heavy atom. The van der Waals surface area contributed by atoms with Crippen LogP contribution in [0.15, 0.2) is 17.3 Å². The van der Waals surface area contributed by atoms with Gasteiger partial charge in [0.2, 0.25) is 10.0 Å². The molecular weight excluding hydrogens is 280 g/mol. The van der Waals surface area contributed by atoms with E-state index in [0.717, 1.165) is 19.5 Å². The van der Waals surface area contributed by atoms with E-state index in [2.05, 4.69) is 10.4 Å². The van der Waals surface area contributed by atoms with Gasteiger partial charge in [-0.05, 0) is 13.0 Å². The smallest absolute Gasteiger partial charge is 0.246 e. The Labute approximate surface area is 120 Å². The van der Waals surface area contributed by atoms with Gasteiger partial charge in [0, 0.05) is 26.4 Å². The van der Waals surface area contributed by atoms with E-state index in [1.54, 1.807) is 17.9 Å². The van der Waals surface area contributed by atoms with Crippen LogP contribution in [0.1, 0.15) is 13.3 Å². The number of sulfonamides is 1. The lowest BCUT2D eigenvalue weighted by Crippen LogP contribution is -2.37. The van der Waals surface area contributed by atoms with Crippen molar-refractivity contribution in [1.82, 2.24) is 19.4 Å². The lowest BCUT2D eigenvalue weighted by molar-refractivity contribution is 0.181. The van der Waals surface area contributed by atoms with Crippen LogP contribution in [0.3, 0.4) is 0 Å². The molecule has 0 spiro atoms. The molecule has 1 aromatic rings. The van der Waals surface area contributed by atoms with Crippen molar-refractivity contribution in [3.63, 3.8) is 0 Å². The van der Waals surface area contributed by atoms with Gasteiger partial charge in [0.25, 0.3) is 0 Å². The number of ether oxygens (including phenoxy) is 1. The molecule has 1 saturated heterocycles. The molecule has 0 saturated carbocycles. The molecule has 7 nitrogen and oxygen atoms in total. The topological polar surface area (TPSA) is 76.5 Å². The number of likely N-dealkylation sites (N-methyl/N-ethyl adjacent to an activating group) is 2. The van der Waals surface area contributed by atoms with Crippen molar-refractivity contribution >= 4 is 10.0 Å². The fourth-order valence-corrected chi connectivity index (χ4v) is 3.47.